The zero-order chi connectivity index (χ0) is 24.0. The maximum Gasteiger partial charge on any atom is 0.326 e. The van der Waals surface area contributed by atoms with Crippen molar-refractivity contribution in [3.8, 4) is 0 Å². The Hall–Kier alpha value is -1.64. The van der Waals surface area contributed by atoms with E-state index in [0.717, 1.165) is 25.8 Å². The van der Waals surface area contributed by atoms with E-state index >= 15 is 0 Å². The van der Waals surface area contributed by atoms with Gasteiger partial charge >= 0.3 is 11.9 Å². The van der Waals surface area contributed by atoms with Crippen molar-refractivity contribution in [3.63, 3.8) is 0 Å². The van der Waals surface area contributed by atoms with Crippen LogP contribution in [0, 0.1) is 11.8 Å². The lowest BCUT2D eigenvalue weighted by Crippen LogP contribution is -2.41. The van der Waals surface area contributed by atoms with Gasteiger partial charge in [-0.1, -0.05) is 56.5 Å². The first-order valence-corrected chi connectivity index (χ1v) is 12.2. The molecule has 2 fully saturated rings. The van der Waals surface area contributed by atoms with E-state index in [9.17, 15) is 19.2 Å². The van der Waals surface area contributed by atoms with Gasteiger partial charge in [0.1, 0.15) is 10.9 Å². The number of carbonyl (C=O) groups is 4. The Kier molecular flexibility index (Phi) is 15.2. The molecule has 2 saturated heterocycles. The lowest BCUT2D eigenvalue weighted by molar-refractivity contribution is -0.148. The van der Waals surface area contributed by atoms with Gasteiger partial charge in [-0.3, -0.25) is 14.4 Å². The van der Waals surface area contributed by atoms with E-state index in [1.807, 2.05) is 6.92 Å². The first-order valence-electron chi connectivity index (χ1n) is 11.3. The predicted octanol–water partition coefficient (Wildman–Crippen LogP) is 3.67. The van der Waals surface area contributed by atoms with Crippen LogP contribution in [0.25, 0.3) is 0 Å². The summed E-state index contributed by atoms with van der Waals surface area (Å²) < 4.78 is 0. The summed E-state index contributed by atoms with van der Waals surface area (Å²) >= 11 is 2.94. The molecule has 8 nitrogen and oxygen atoms in total. The van der Waals surface area contributed by atoms with Crippen LogP contribution in [0.1, 0.15) is 79.1 Å². The molecule has 0 saturated carbocycles. The molecular weight excluding hydrogens is 468 g/mol. The average Bonchev–Trinajstić information content (AvgIpc) is 3.28. The quantitative estimate of drug-likeness (QED) is 0.409. The van der Waals surface area contributed by atoms with Crippen LogP contribution in [0.5, 0.6) is 0 Å². The monoisotopic (exact) mass is 506 g/mol. The molecule has 2 rings (SSSR count). The maximum absolute atomic E-state index is 11.6. The number of amides is 2. The first kappa shape index (κ1) is 29.4. The molecule has 0 spiro atoms. The van der Waals surface area contributed by atoms with Crippen molar-refractivity contribution < 1.29 is 29.4 Å². The summed E-state index contributed by atoms with van der Waals surface area (Å²) in [5.41, 5.74) is 0. The van der Waals surface area contributed by atoms with Crippen molar-refractivity contribution in [2.45, 2.75) is 89.9 Å². The van der Waals surface area contributed by atoms with Crippen LogP contribution in [0.4, 0.5) is 0 Å². The van der Waals surface area contributed by atoms with Gasteiger partial charge in [-0.25, -0.2) is 4.79 Å². The third-order valence-corrected chi connectivity index (χ3v) is 6.41. The molecule has 3 N–H and O–H groups in total. The summed E-state index contributed by atoms with van der Waals surface area (Å²) in [6.45, 7) is 9.39. The molecular formula is C22H39BrN2O6. The van der Waals surface area contributed by atoms with E-state index in [2.05, 4.69) is 35.1 Å². The Morgan fingerprint density at radius 3 is 1.94 bits per heavy atom. The largest absolute Gasteiger partial charge is 0.480 e. The minimum Gasteiger partial charge on any atom is -0.480 e. The second-order valence-electron chi connectivity index (χ2n) is 8.04. The number of carbonyl (C=O) groups excluding carboxylic acids is 2. The zero-order valence-corrected chi connectivity index (χ0v) is 20.8. The molecule has 2 aliphatic heterocycles. The van der Waals surface area contributed by atoms with E-state index in [-0.39, 0.29) is 16.6 Å². The molecule has 4 atom stereocenters. The Balaban J connectivity index is 0.000000479. The van der Waals surface area contributed by atoms with Gasteiger partial charge in [-0.2, -0.15) is 0 Å². The van der Waals surface area contributed by atoms with Gasteiger partial charge in [-0.05, 0) is 37.5 Å². The third kappa shape index (κ3) is 11.5. The fourth-order valence-corrected chi connectivity index (χ4v) is 3.69. The van der Waals surface area contributed by atoms with E-state index < -0.39 is 18.0 Å². The average molecular weight is 507 g/mol. The number of hydrogen-bond acceptors (Lipinski definition) is 4. The van der Waals surface area contributed by atoms with Crippen molar-refractivity contribution in [1.29, 1.82) is 0 Å². The highest BCUT2D eigenvalue weighted by Crippen LogP contribution is 2.25. The van der Waals surface area contributed by atoms with E-state index in [0.29, 0.717) is 37.6 Å². The van der Waals surface area contributed by atoms with Crippen LogP contribution in [0.3, 0.4) is 0 Å². The van der Waals surface area contributed by atoms with Crippen LogP contribution in [0.15, 0.2) is 0 Å². The second-order valence-corrected chi connectivity index (χ2v) is 9.15. The normalized spacial score (nSPS) is 21.9. The standard InChI is InChI=1S/C11H19NO3.C7H13NO.C4H7BrO2/c1-3-5-8-6-10(13)12(7-8)9(4-2)11(14)15;1-2-3-6-4-7(9)8-5-6;1-2-3(5)4(6)7/h8-9H,3-7H2,1-2H3,(H,14,15);6H,2-5H2,1H3,(H,8,9);3H,2H2,1H3,(H,6,7)/t8?,9-;;3-/m0.1/s1. The summed E-state index contributed by atoms with van der Waals surface area (Å²) in [4.78, 5) is 44.2. The lowest BCUT2D eigenvalue weighted by Gasteiger charge is -2.23. The number of carboxylic acid groups (broad SMARTS) is 2. The molecule has 0 aromatic rings. The van der Waals surface area contributed by atoms with E-state index in [1.165, 1.54) is 17.7 Å². The highest BCUT2D eigenvalue weighted by Gasteiger charge is 2.36. The topological polar surface area (TPSA) is 124 Å². The fourth-order valence-electron chi connectivity index (χ4n) is 3.69. The van der Waals surface area contributed by atoms with Crippen LogP contribution in [-0.2, 0) is 19.2 Å². The molecule has 2 amide bonds. The minimum absolute atomic E-state index is 0.00250. The number of hydrogen-bond donors (Lipinski definition) is 3. The molecule has 2 unspecified atom stereocenters. The molecule has 31 heavy (non-hydrogen) atoms. The smallest absolute Gasteiger partial charge is 0.326 e. The van der Waals surface area contributed by atoms with Gasteiger partial charge in [0.25, 0.3) is 0 Å². The van der Waals surface area contributed by atoms with Crippen molar-refractivity contribution in [1.82, 2.24) is 10.2 Å². The number of halogens is 1. The van der Waals surface area contributed by atoms with Crippen LogP contribution in [0.2, 0.25) is 0 Å². The molecule has 0 radical (unpaired) electrons. The number of alkyl halides is 1. The molecule has 180 valence electrons. The fraction of sp³-hybridized carbons (Fsp3) is 0.818. The van der Waals surface area contributed by atoms with Crippen LogP contribution in [-0.4, -0.2) is 62.8 Å². The second kappa shape index (κ2) is 16.1. The summed E-state index contributed by atoms with van der Waals surface area (Å²) in [5, 5.41) is 19.9. The number of aliphatic carboxylic acids is 2. The van der Waals surface area contributed by atoms with Gasteiger partial charge in [0, 0.05) is 25.9 Å². The predicted molar refractivity (Wildman–Crippen MR) is 123 cm³/mol. The van der Waals surface area contributed by atoms with Crippen molar-refractivity contribution in [2.75, 3.05) is 13.1 Å². The Labute approximate surface area is 194 Å². The number of nitrogens with zero attached hydrogens (tertiary/aromatic N) is 1. The van der Waals surface area contributed by atoms with Crippen LogP contribution < -0.4 is 5.32 Å². The van der Waals surface area contributed by atoms with Crippen LogP contribution >= 0.6 is 15.9 Å². The molecule has 9 heteroatoms. The van der Waals surface area contributed by atoms with E-state index in [4.69, 9.17) is 10.2 Å². The highest BCUT2D eigenvalue weighted by molar-refractivity contribution is 9.10. The molecule has 0 bridgehead atoms. The van der Waals surface area contributed by atoms with Gasteiger partial charge in [0.15, 0.2) is 0 Å². The molecule has 2 heterocycles. The molecule has 0 aromatic heterocycles. The van der Waals surface area contributed by atoms with E-state index in [1.54, 1.807) is 6.92 Å². The maximum atomic E-state index is 11.6. The highest BCUT2D eigenvalue weighted by atomic mass is 79.9. The third-order valence-electron chi connectivity index (χ3n) is 5.37. The summed E-state index contributed by atoms with van der Waals surface area (Å²) in [6, 6.07) is -0.626. The Morgan fingerprint density at radius 1 is 1.00 bits per heavy atom. The lowest BCUT2D eigenvalue weighted by atomic mass is 10.0. The Morgan fingerprint density at radius 2 is 1.58 bits per heavy atom. The summed E-state index contributed by atoms with van der Waals surface area (Å²) in [7, 11) is 0. The van der Waals surface area contributed by atoms with Crippen molar-refractivity contribution in [3.05, 3.63) is 0 Å². The van der Waals surface area contributed by atoms with Crippen molar-refractivity contribution >= 4 is 39.7 Å². The first-order chi connectivity index (χ1) is 14.6. The zero-order valence-electron chi connectivity index (χ0n) is 19.2. The Bertz CT molecular complexity index is 586. The summed E-state index contributed by atoms with van der Waals surface area (Å²) in [5.74, 6) is -0.458. The minimum atomic E-state index is -0.886. The van der Waals surface area contributed by atoms with Gasteiger partial charge in [-0.15, -0.1) is 0 Å². The molecule has 0 aliphatic carbocycles. The number of carboxylic acids is 2. The molecule has 0 aromatic carbocycles. The number of nitrogens with one attached hydrogen (secondary N) is 1. The van der Waals surface area contributed by atoms with Crippen molar-refractivity contribution in [2.24, 2.45) is 11.8 Å². The molecule has 2 aliphatic rings. The number of rotatable bonds is 9. The van der Waals surface area contributed by atoms with Gasteiger partial charge in [0.2, 0.25) is 11.8 Å². The summed E-state index contributed by atoms with van der Waals surface area (Å²) in [6.07, 6.45) is 6.85. The van der Waals surface area contributed by atoms with Gasteiger partial charge in [0.05, 0.1) is 0 Å². The SMILES string of the molecule is CCCC1CC(=O)N([C@@H](CC)C(=O)O)C1.CCCC1CNC(=O)C1.CC[C@@H](Br)C(=O)O. The number of likely N-dealkylation sites (tertiary alicyclic amines) is 1. The van der Waals surface area contributed by atoms with Gasteiger partial charge < -0.3 is 20.4 Å².